The number of aryl methyl sites for hydroxylation is 1. The second-order valence-electron chi connectivity index (χ2n) is 4.65. The molecule has 1 N–H and O–H groups in total. The lowest BCUT2D eigenvalue weighted by Crippen LogP contribution is -2.37. The Hall–Kier alpha value is -0.870. The highest BCUT2D eigenvalue weighted by Gasteiger charge is 2.14. The van der Waals surface area contributed by atoms with Gasteiger partial charge in [0, 0.05) is 12.6 Å². The Labute approximate surface area is 97.0 Å². The molecule has 90 valence electrons. The Morgan fingerprint density at radius 1 is 1.50 bits per heavy atom. The van der Waals surface area contributed by atoms with E-state index in [-0.39, 0.29) is 0 Å². The lowest BCUT2D eigenvalue weighted by atomic mass is 10.3. The third-order valence-corrected chi connectivity index (χ3v) is 3.19. The fraction of sp³-hybridized carbons (Fsp3) is 0.750. The highest BCUT2D eigenvalue weighted by Crippen LogP contribution is 2.08. The van der Waals surface area contributed by atoms with Gasteiger partial charge in [-0.25, -0.2) is 4.98 Å². The van der Waals surface area contributed by atoms with Crippen LogP contribution < -0.4 is 5.32 Å². The van der Waals surface area contributed by atoms with Crippen molar-refractivity contribution in [2.45, 2.75) is 39.3 Å². The van der Waals surface area contributed by atoms with E-state index in [1.54, 1.807) is 0 Å². The molecule has 1 unspecified atom stereocenters. The number of likely N-dealkylation sites (tertiary alicyclic amines) is 1. The van der Waals surface area contributed by atoms with Gasteiger partial charge in [0.15, 0.2) is 6.39 Å². The Bertz CT molecular complexity index is 318. The van der Waals surface area contributed by atoms with Crippen LogP contribution in [-0.4, -0.2) is 35.6 Å². The summed E-state index contributed by atoms with van der Waals surface area (Å²) in [6, 6.07) is 0.502. The summed E-state index contributed by atoms with van der Waals surface area (Å²) in [5.41, 5.74) is 0.987. The predicted octanol–water partition coefficient (Wildman–Crippen LogP) is 1.56. The molecule has 0 aromatic carbocycles. The third-order valence-electron chi connectivity index (χ3n) is 3.19. The normalized spacial score (nSPS) is 19.1. The minimum atomic E-state index is 0.502. The molecule has 4 nitrogen and oxygen atoms in total. The van der Waals surface area contributed by atoms with Crippen LogP contribution in [0.1, 0.15) is 31.2 Å². The lowest BCUT2D eigenvalue weighted by molar-refractivity contribution is 0.294. The molecule has 0 radical (unpaired) electrons. The number of nitrogens with zero attached hydrogens (tertiary/aromatic N) is 2. The zero-order chi connectivity index (χ0) is 11.4. The molecule has 1 fully saturated rings. The minimum Gasteiger partial charge on any atom is -0.447 e. The molecule has 2 heterocycles. The van der Waals surface area contributed by atoms with Crippen LogP contribution in [0.2, 0.25) is 0 Å². The number of rotatable bonds is 5. The zero-order valence-electron chi connectivity index (χ0n) is 10.2. The number of aromatic nitrogens is 1. The maximum atomic E-state index is 5.30. The molecule has 1 aromatic heterocycles. The fourth-order valence-electron chi connectivity index (χ4n) is 2.18. The van der Waals surface area contributed by atoms with Gasteiger partial charge in [-0.05, 0) is 39.8 Å². The summed E-state index contributed by atoms with van der Waals surface area (Å²) in [4.78, 5) is 6.60. The second kappa shape index (κ2) is 5.46. The molecular formula is C12H21N3O. The summed E-state index contributed by atoms with van der Waals surface area (Å²) in [6.45, 7) is 8.63. The first-order valence-electron chi connectivity index (χ1n) is 6.10. The van der Waals surface area contributed by atoms with E-state index in [0.717, 1.165) is 24.5 Å². The molecule has 4 heteroatoms. The molecule has 1 saturated heterocycles. The average molecular weight is 223 g/mol. The topological polar surface area (TPSA) is 41.3 Å². The molecule has 0 saturated carbocycles. The summed E-state index contributed by atoms with van der Waals surface area (Å²) < 4.78 is 5.30. The molecule has 0 aliphatic carbocycles. The van der Waals surface area contributed by atoms with Gasteiger partial charge in [0.1, 0.15) is 5.76 Å². The lowest BCUT2D eigenvalue weighted by Gasteiger charge is -2.20. The van der Waals surface area contributed by atoms with Crippen LogP contribution in [0.25, 0.3) is 0 Å². The predicted molar refractivity (Wildman–Crippen MR) is 63.2 cm³/mol. The first kappa shape index (κ1) is 11.6. The molecular weight excluding hydrogens is 202 g/mol. The summed E-state index contributed by atoms with van der Waals surface area (Å²) in [5, 5.41) is 3.48. The van der Waals surface area contributed by atoms with Crippen molar-refractivity contribution < 1.29 is 4.42 Å². The Morgan fingerprint density at radius 3 is 2.88 bits per heavy atom. The Balaban J connectivity index is 1.71. The second-order valence-corrected chi connectivity index (χ2v) is 4.65. The Morgan fingerprint density at radius 2 is 2.25 bits per heavy atom. The summed E-state index contributed by atoms with van der Waals surface area (Å²) in [6.07, 6.45) is 4.22. The quantitative estimate of drug-likeness (QED) is 0.822. The molecule has 1 aliphatic rings. The van der Waals surface area contributed by atoms with Gasteiger partial charge in [0.2, 0.25) is 0 Å². The van der Waals surface area contributed by atoms with Gasteiger partial charge in [-0.15, -0.1) is 0 Å². The number of hydrogen-bond donors (Lipinski definition) is 1. The molecule has 1 aliphatic heterocycles. The summed E-state index contributed by atoms with van der Waals surface area (Å²) in [7, 11) is 0. The molecule has 0 spiro atoms. The van der Waals surface area contributed by atoms with Gasteiger partial charge in [0.05, 0.1) is 12.2 Å². The third kappa shape index (κ3) is 3.06. The van der Waals surface area contributed by atoms with E-state index >= 15 is 0 Å². The number of nitrogens with one attached hydrogen (secondary N) is 1. The molecule has 2 rings (SSSR count). The van der Waals surface area contributed by atoms with Crippen molar-refractivity contribution in [1.82, 2.24) is 15.2 Å². The Kier molecular flexibility index (Phi) is 3.96. The maximum absolute atomic E-state index is 5.30. The van der Waals surface area contributed by atoms with Crippen LogP contribution in [0.5, 0.6) is 0 Å². The van der Waals surface area contributed by atoms with Crippen molar-refractivity contribution in [3.05, 3.63) is 17.8 Å². The highest BCUT2D eigenvalue weighted by molar-refractivity contribution is 5.03. The smallest absolute Gasteiger partial charge is 0.181 e. The van der Waals surface area contributed by atoms with Crippen LogP contribution in [0.15, 0.2) is 10.8 Å². The largest absolute Gasteiger partial charge is 0.447 e. The van der Waals surface area contributed by atoms with Crippen molar-refractivity contribution >= 4 is 0 Å². The van der Waals surface area contributed by atoms with E-state index in [2.05, 4.69) is 22.1 Å². The van der Waals surface area contributed by atoms with Crippen molar-refractivity contribution in [2.75, 3.05) is 19.6 Å². The van der Waals surface area contributed by atoms with Gasteiger partial charge in [-0.3, -0.25) is 0 Å². The minimum absolute atomic E-state index is 0.502. The number of oxazole rings is 1. The molecule has 0 bridgehead atoms. The van der Waals surface area contributed by atoms with Gasteiger partial charge >= 0.3 is 0 Å². The first-order valence-corrected chi connectivity index (χ1v) is 6.10. The first-order chi connectivity index (χ1) is 7.75. The van der Waals surface area contributed by atoms with Crippen LogP contribution >= 0.6 is 0 Å². The molecule has 1 atom stereocenters. The standard InChI is InChI=1S/C12H21N3O/c1-10(8-15-5-3-4-6-15)13-7-12-11(2)14-9-16-12/h9-10,13H,3-8H2,1-2H3. The van der Waals surface area contributed by atoms with Crippen molar-refractivity contribution in [3.63, 3.8) is 0 Å². The molecule has 0 amide bonds. The van der Waals surface area contributed by atoms with E-state index < -0.39 is 0 Å². The van der Waals surface area contributed by atoms with E-state index in [0.29, 0.717) is 6.04 Å². The van der Waals surface area contributed by atoms with Gasteiger partial charge < -0.3 is 14.6 Å². The van der Waals surface area contributed by atoms with Crippen LogP contribution in [0, 0.1) is 6.92 Å². The van der Waals surface area contributed by atoms with Gasteiger partial charge in [0.25, 0.3) is 0 Å². The van der Waals surface area contributed by atoms with E-state index in [1.165, 1.54) is 32.3 Å². The zero-order valence-corrected chi connectivity index (χ0v) is 10.2. The van der Waals surface area contributed by atoms with Crippen molar-refractivity contribution in [2.24, 2.45) is 0 Å². The van der Waals surface area contributed by atoms with Gasteiger partial charge in [-0.2, -0.15) is 0 Å². The maximum Gasteiger partial charge on any atom is 0.181 e. The summed E-state index contributed by atoms with van der Waals surface area (Å²) in [5.74, 6) is 0.952. The summed E-state index contributed by atoms with van der Waals surface area (Å²) >= 11 is 0. The monoisotopic (exact) mass is 223 g/mol. The molecule has 1 aromatic rings. The van der Waals surface area contributed by atoms with Crippen molar-refractivity contribution in [1.29, 1.82) is 0 Å². The van der Waals surface area contributed by atoms with E-state index in [9.17, 15) is 0 Å². The fourth-order valence-corrected chi connectivity index (χ4v) is 2.18. The van der Waals surface area contributed by atoms with E-state index in [1.807, 2.05) is 6.92 Å². The van der Waals surface area contributed by atoms with E-state index in [4.69, 9.17) is 4.42 Å². The van der Waals surface area contributed by atoms with Crippen LogP contribution in [0.4, 0.5) is 0 Å². The SMILES string of the molecule is Cc1ncoc1CNC(C)CN1CCCC1. The van der Waals surface area contributed by atoms with Gasteiger partial charge in [-0.1, -0.05) is 0 Å². The van der Waals surface area contributed by atoms with Crippen LogP contribution in [0.3, 0.4) is 0 Å². The van der Waals surface area contributed by atoms with Crippen molar-refractivity contribution in [3.8, 4) is 0 Å². The molecule has 16 heavy (non-hydrogen) atoms. The average Bonchev–Trinajstić information content (AvgIpc) is 2.87. The van der Waals surface area contributed by atoms with Crippen LogP contribution in [-0.2, 0) is 6.54 Å². The number of hydrogen-bond acceptors (Lipinski definition) is 4. The highest BCUT2D eigenvalue weighted by atomic mass is 16.3.